The van der Waals surface area contributed by atoms with Crippen molar-refractivity contribution < 1.29 is 19.1 Å². The fourth-order valence-corrected chi connectivity index (χ4v) is 3.36. The van der Waals surface area contributed by atoms with Crippen molar-refractivity contribution in [2.45, 2.75) is 32.4 Å². The van der Waals surface area contributed by atoms with E-state index in [-0.39, 0.29) is 24.3 Å². The van der Waals surface area contributed by atoms with Crippen LogP contribution in [0.25, 0.3) is 0 Å². The molecule has 112 valence electrons. The van der Waals surface area contributed by atoms with Crippen molar-refractivity contribution in [1.29, 1.82) is 0 Å². The third-order valence-corrected chi connectivity index (χ3v) is 4.56. The highest BCUT2D eigenvalue weighted by Crippen LogP contribution is 2.50. The molecule has 1 aromatic carbocycles. The van der Waals surface area contributed by atoms with E-state index < -0.39 is 17.6 Å². The van der Waals surface area contributed by atoms with Crippen molar-refractivity contribution in [3.05, 3.63) is 29.8 Å². The van der Waals surface area contributed by atoms with Crippen molar-refractivity contribution in [3.63, 3.8) is 0 Å². The number of esters is 1. The summed E-state index contributed by atoms with van der Waals surface area (Å²) in [4.78, 5) is 24.6. The van der Waals surface area contributed by atoms with Crippen molar-refractivity contribution in [3.8, 4) is 5.75 Å². The van der Waals surface area contributed by atoms with Crippen molar-refractivity contribution in [1.82, 2.24) is 5.32 Å². The highest BCUT2D eigenvalue weighted by atomic mass is 16.5. The van der Waals surface area contributed by atoms with Crippen LogP contribution in [0.1, 0.15) is 32.3 Å². The molecule has 0 radical (unpaired) electrons. The fraction of sp³-hybridized carbons (Fsp3) is 0.500. The van der Waals surface area contributed by atoms with Crippen LogP contribution in [0.5, 0.6) is 5.75 Å². The highest BCUT2D eigenvalue weighted by Gasteiger charge is 2.56. The lowest BCUT2D eigenvalue weighted by Gasteiger charge is -2.51. The van der Waals surface area contributed by atoms with Gasteiger partial charge in [-0.15, -0.1) is 0 Å². The van der Waals surface area contributed by atoms with E-state index in [0.29, 0.717) is 0 Å². The molecule has 1 fully saturated rings. The van der Waals surface area contributed by atoms with Crippen LogP contribution < -0.4 is 10.1 Å². The topological polar surface area (TPSA) is 64.6 Å². The number of carbonyl (C=O) groups excluding carboxylic acids is 2. The minimum Gasteiger partial charge on any atom is -0.468 e. The summed E-state index contributed by atoms with van der Waals surface area (Å²) in [6, 6.07) is 7.56. The Morgan fingerprint density at radius 2 is 2.14 bits per heavy atom. The second-order valence-electron chi connectivity index (χ2n) is 5.78. The number of hydrogen-bond donors (Lipinski definition) is 1. The van der Waals surface area contributed by atoms with E-state index in [4.69, 9.17) is 9.47 Å². The van der Waals surface area contributed by atoms with E-state index in [1.807, 2.05) is 38.1 Å². The molecule has 0 saturated carbocycles. The molecule has 5 nitrogen and oxygen atoms in total. The molecule has 0 aliphatic carbocycles. The third-order valence-electron chi connectivity index (χ3n) is 4.56. The van der Waals surface area contributed by atoms with Gasteiger partial charge in [0.15, 0.2) is 5.72 Å². The molecule has 0 spiro atoms. The Morgan fingerprint density at radius 3 is 2.86 bits per heavy atom. The quantitative estimate of drug-likeness (QED) is 0.666. The molecular weight excluding hydrogens is 270 g/mol. The lowest BCUT2D eigenvalue weighted by Crippen LogP contribution is -2.66. The first-order valence-electron chi connectivity index (χ1n) is 7.24. The van der Waals surface area contributed by atoms with E-state index >= 15 is 0 Å². The van der Waals surface area contributed by atoms with Crippen LogP contribution >= 0.6 is 0 Å². The second-order valence-corrected chi connectivity index (χ2v) is 5.78. The number of rotatable bonds is 2. The SMILES string of the molecule is CCOC(=O)[C@@H]1C(=O)N[C@]2(C)Oc3ccccc3[C@H]1[C@H]2C. The average Bonchev–Trinajstić information content (AvgIpc) is 2.42. The molecule has 2 aliphatic rings. The number of ether oxygens (including phenoxy) is 2. The van der Waals surface area contributed by atoms with Crippen molar-refractivity contribution >= 4 is 11.9 Å². The molecule has 2 heterocycles. The summed E-state index contributed by atoms with van der Waals surface area (Å²) in [6.45, 7) is 5.84. The Balaban J connectivity index is 2.10. The van der Waals surface area contributed by atoms with Crippen molar-refractivity contribution in [2.75, 3.05) is 6.61 Å². The number of para-hydroxylation sites is 1. The summed E-state index contributed by atoms with van der Waals surface area (Å²) in [5.41, 5.74) is 0.106. The molecule has 0 unspecified atom stereocenters. The molecule has 1 saturated heterocycles. The predicted octanol–water partition coefficient (Wildman–Crippen LogP) is 1.82. The summed E-state index contributed by atoms with van der Waals surface area (Å²) < 4.78 is 11.1. The maximum Gasteiger partial charge on any atom is 0.319 e. The molecule has 2 bridgehead atoms. The molecule has 1 aromatic rings. The Labute approximate surface area is 123 Å². The number of carbonyl (C=O) groups is 2. The van der Waals surface area contributed by atoms with E-state index in [2.05, 4.69) is 5.32 Å². The number of piperidine rings is 1. The minimum absolute atomic E-state index is 0.0282. The van der Waals surface area contributed by atoms with Gasteiger partial charge in [-0.25, -0.2) is 0 Å². The van der Waals surface area contributed by atoms with Crippen molar-refractivity contribution in [2.24, 2.45) is 11.8 Å². The molecular formula is C16H19NO4. The first kappa shape index (κ1) is 13.9. The first-order chi connectivity index (χ1) is 9.98. The van der Waals surface area contributed by atoms with E-state index in [1.54, 1.807) is 6.92 Å². The standard InChI is InChI=1S/C16H19NO4/c1-4-20-15(19)13-12-9(2)16(3,17-14(13)18)21-11-8-6-5-7-10(11)12/h5-9,12-13H,4H2,1-3H3,(H,17,18)/t9-,12-,13+,16-/m1/s1. The zero-order valence-electron chi connectivity index (χ0n) is 12.4. The zero-order chi connectivity index (χ0) is 15.2. The summed E-state index contributed by atoms with van der Waals surface area (Å²) in [5, 5.41) is 2.84. The van der Waals surface area contributed by atoms with Gasteiger partial charge in [-0.2, -0.15) is 0 Å². The van der Waals surface area contributed by atoms with Crippen LogP contribution in [0.15, 0.2) is 24.3 Å². The average molecular weight is 289 g/mol. The largest absolute Gasteiger partial charge is 0.468 e. The van der Waals surface area contributed by atoms with E-state index in [9.17, 15) is 9.59 Å². The zero-order valence-corrected chi connectivity index (χ0v) is 12.4. The summed E-state index contributed by atoms with van der Waals surface area (Å²) in [7, 11) is 0. The summed E-state index contributed by atoms with van der Waals surface area (Å²) >= 11 is 0. The molecule has 1 amide bonds. The van der Waals surface area contributed by atoms with E-state index in [1.165, 1.54) is 0 Å². The molecule has 5 heteroatoms. The predicted molar refractivity (Wildman–Crippen MR) is 75.6 cm³/mol. The van der Waals surface area contributed by atoms with Gasteiger partial charge >= 0.3 is 5.97 Å². The Bertz CT molecular complexity index is 600. The lowest BCUT2D eigenvalue weighted by molar-refractivity contribution is -0.165. The molecule has 0 aromatic heterocycles. The smallest absolute Gasteiger partial charge is 0.319 e. The first-order valence-corrected chi connectivity index (χ1v) is 7.24. The Hall–Kier alpha value is -2.04. The van der Waals surface area contributed by atoms with Crippen LogP contribution in [0.3, 0.4) is 0 Å². The second kappa shape index (κ2) is 4.76. The molecule has 2 aliphatic heterocycles. The monoisotopic (exact) mass is 289 g/mol. The van der Waals surface area contributed by atoms with Gasteiger partial charge in [-0.05, 0) is 25.5 Å². The Morgan fingerprint density at radius 1 is 1.43 bits per heavy atom. The number of amides is 1. The van der Waals surface area contributed by atoms with Gasteiger partial charge in [-0.1, -0.05) is 25.1 Å². The molecule has 4 atom stereocenters. The fourth-order valence-electron chi connectivity index (χ4n) is 3.36. The summed E-state index contributed by atoms with van der Waals surface area (Å²) in [6.07, 6.45) is 0. The number of benzene rings is 1. The molecule has 1 N–H and O–H groups in total. The van der Waals surface area contributed by atoms with Gasteiger partial charge in [0.1, 0.15) is 11.7 Å². The molecule has 3 rings (SSSR count). The molecule has 21 heavy (non-hydrogen) atoms. The van der Waals surface area contributed by atoms with Crippen LogP contribution in [-0.4, -0.2) is 24.2 Å². The van der Waals surface area contributed by atoms with Gasteiger partial charge in [0.2, 0.25) is 5.91 Å². The number of fused-ring (bicyclic) bond motifs is 4. The maximum absolute atomic E-state index is 12.4. The number of hydrogen-bond acceptors (Lipinski definition) is 4. The van der Waals surface area contributed by atoms with Gasteiger partial charge in [0, 0.05) is 11.8 Å². The van der Waals surface area contributed by atoms with Gasteiger partial charge in [-0.3, -0.25) is 9.59 Å². The normalized spacial score (nSPS) is 33.5. The maximum atomic E-state index is 12.4. The highest BCUT2D eigenvalue weighted by molar-refractivity contribution is 6.00. The van der Waals surface area contributed by atoms with Gasteiger partial charge in [0.05, 0.1) is 6.61 Å². The lowest BCUT2D eigenvalue weighted by atomic mass is 9.68. The minimum atomic E-state index is -0.821. The van der Waals surface area contributed by atoms with E-state index in [0.717, 1.165) is 11.3 Å². The number of nitrogens with one attached hydrogen (secondary N) is 1. The Kier molecular flexibility index (Phi) is 3.15. The van der Waals surface area contributed by atoms with Gasteiger partial charge in [0.25, 0.3) is 0 Å². The third kappa shape index (κ3) is 1.99. The van der Waals surface area contributed by atoms with Gasteiger partial charge < -0.3 is 14.8 Å². The summed E-state index contributed by atoms with van der Waals surface area (Å²) in [5.74, 6) is -1.15. The van der Waals surface area contributed by atoms with Crippen LogP contribution in [0.4, 0.5) is 0 Å². The van der Waals surface area contributed by atoms with Crippen LogP contribution in [0.2, 0.25) is 0 Å². The van der Waals surface area contributed by atoms with Crippen LogP contribution in [-0.2, 0) is 14.3 Å². The van der Waals surface area contributed by atoms with Crippen LogP contribution in [0, 0.1) is 11.8 Å².